The van der Waals surface area contributed by atoms with Gasteiger partial charge >= 0.3 is 0 Å². The van der Waals surface area contributed by atoms with Gasteiger partial charge in [0, 0.05) is 19.1 Å². The third-order valence-electron chi connectivity index (χ3n) is 5.61. The van der Waals surface area contributed by atoms with Gasteiger partial charge in [0.15, 0.2) is 15.8 Å². The topological polar surface area (TPSA) is 73.8 Å². The van der Waals surface area contributed by atoms with E-state index < -0.39 is 9.84 Å². The maximum absolute atomic E-state index is 11.7. The Morgan fingerprint density at radius 3 is 2.64 bits per heavy atom. The van der Waals surface area contributed by atoms with Crippen molar-refractivity contribution in [3.63, 3.8) is 0 Å². The first-order valence-electron chi connectivity index (χ1n) is 10.5. The lowest BCUT2D eigenvalue weighted by atomic mass is 9.98. The fourth-order valence-corrected chi connectivity index (χ4v) is 5.57. The normalized spacial score (nSPS) is 23.6. The van der Waals surface area contributed by atoms with Crippen LogP contribution in [0.2, 0.25) is 0 Å². The van der Waals surface area contributed by atoms with Crippen molar-refractivity contribution in [2.75, 3.05) is 31.1 Å². The molecule has 0 radical (unpaired) electrons. The fraction of sp³-hybridized carbons (Fsp3) is 0.667. The van der Waals surface area contributed by atoms with Crippen molar-refractivity contribution in [1.29, 1.82) is 0 Å². The highest BCUT2D eigenvalue weighted by atomic mass is 32.2. The highest BCUT2D eigenvalue weighted by Gasteiger charge is 2.28. The number of guanidine groups is 1. The van der Waals surface area contributed by atoms with Crippen molar-refractivity contribution in [2.24, 2.45) is 10.9 Å². The first kappa shape index (κ1) is 21.1. The number of sulfone groups is 1. The maximum atomic E-state index is 11.7. The first-order chi connectivity index (χ1) is 13.4. The van der Waals surface area contributed by atoms with Crippen LogP contribution in [-0.2, 0) is 22.9 Å². The van der Waals surface area contributed by atoms with Crippen LogP contribution >= 0.6 is 0 Å². The quantitative estimate of drug-likeness (QED) is 0.559. The molecule has 0 aliphatic carbocycles. The summed E-state index contributed by atoms with van der Waals surface area (Å²) in [6, 6.07) is 8.60. The lowest BCUT2D eigenvalue weighted by molar-refractivity contribution is 0.185. The van der Waals surface area contributed by atoms with E-state index in [1.807, 2.05) is 6.92 Å². The van der Waals surface area contributed by atoms with Crippen LogP contribution in [0.3, 0.4) is 0 Å². The molecule has 3 rings (SSSR count). The first-order valence-corrected chi connectivity index (χ1v) is 12.3. The van der Waals surface area contributed by atoms with Crippen molar-refractivity contribution in [1.82, 2.24) is 15.5 Å². The van der Waals surface area contributed by atoms with Crippen molar-refractivity contribution < 1.29 is 8.42 Å². The van der Waals surface area contributed by atoms with E-state index in [1.54, 1.807) is 0 Å². The molecule has 2 heterocycles. The van der Waals surface area contributed by atoms with Crippen LogP contribution < -0.4 is 10.6 Å². The van der Waals surface area contributed by atoms with Gasteiger partial charge in [-0.15, -0.1) is 0 Å². The number of aliphatic imine (C=N–C) groups is 1. The van der Waals surface area contributed by atoms with Gasteiger partial charge in [0.25, 0.3) is 0 Å². The molecule has 28 heavy (non-hydrogen) atoms. The average molecular weight is 407 g/mol. The predicted octanol–water partition coefficient (Wildman–Crippen LogP) is 2.16. The summed E-state index contributed by atoms with van der Waals surface area (Å²) >= 11 is 0. The molecule has 0 aromatic heterocycles. The molecule has 1 aromatic carbocycles. The van der Waals surface area contributed by atoms with Crippen LogP contribution in [0.5, 0.6) is 0 Å². The van der Waals surface area contributed by atoms with Gasteiger partial charge < -0.3 is 10.6 Å². The molecule has 1 aromatic rings. The van der Waals surface area contributed by atoms with E-state index in [-0.39, 0.29) is 17.5 Å². The summed E-state index contributed by atoms with van der Waals surface area (Å²) in [5.74, 6) is 2.01. The zero-order chi connectivity index (χ0) is 20.0. The molecule has 2 N–H and O–H groups in total. The molecular weight excluding hydrogens is 372 g/mol. The Balaban J connectivity index is 1.58. The van der Waals surface area contributed by atoms with Gasteiger partial charge in [0.1, 0.15) is 0 Å². The van der Waals surface area contributed by atoms with Gasteiger partial charge in [-0.25, -0.2) is 13.4 Å². The molecule has 7 heteroatoms. The summed E-state index contributed by atoms with van der Waals surface area (Å²) in [7, 11) is -2.90. The highest BCUT2D eigenvalue weighted by molar-refractivity contribution is 7.91. The van der Waals surface area contributed by atoms with Gasteiger partial charge in [-0.2, -0.15) is 0 Å². The molecule has 0 bridgehead atoms. The van der Waals surface area contributed by atoms with Crippen LogP contribution in [0.15, 0.2) is 29.3 Å². The van der Waals surface area contributed by atoms with E-state index in [2.05, 4.69) is 51.7 Å². The third kappa shape index (κ3) is 6.48. The average Bonchev–Trinajstić information content (AvgIpc) is 3.01. The second kappa shape index (κ2) is 9.74. The zero-order valence-electron chi connectivity index (χ0n) is 17.2. The number of rotatable bonds is 6. The van der Waals surface area contributed by atoms with Gasteiger partial charge in [0.2, 0.25) is 0 Å². The molecule has 2 saturated heterocycles. The molecule has 2 aliphatic heterocycles. The number of hydrogen-bond acceptors (Lipinski definition) is 4. The Hall–Kier alpha value is -1.60. The van der Waals surface area contributed by atoms with Crippen molar-refractivity contribution in [3.05, 3.63) is 35.4 Å². The van der Waals surface area contributed by atoms with Crippen LogP contribution in [0.4, 0.5) is 0 Å². The molecule has 0 saturated carbocycles. The van der Waals surface area contributed by atoms with E-state index in [9.17, 15) is 8.42 Å². The lowest BCUT2D eigenvalue weighted by Gasteiger charge is -2.30. The molecule has 0 amide bonds. The molecule has 156 valence electrons. The van der Waals surface area contributed by atoms with Crippen LogP contribution in [0.1, 0.15) is 44.2 Å². The zero-order valence-corrected chi connectivity index (χ0v) is 18.0. The lowest BCUT2D eigenvalue weighted by Crippen LogP contribution is -2.44. The number of benzene rings is 1. The largest absolute Gasteiger partial charge is 0.357 e. The smallest absolute Gasteiger partial charge is 0.191 e. The van der Waals surface area contributed by atoms with E-state index >= 15 is 0 Å². The minimum absolute atomic E-state index is 0.0457. The van der Waals surface area contributed by atoms with Crippen molar-refractivity contribution >= 4 is 15.8 Å². The van der Waals surface area contributed by atoms with E-state index in [0.29, 0.717) is 18.9 Å². The summed E-state index contributed by atoms with van der Waals surface area (Å²) < 4.78 is 23.3. The third-order valence-corrected chi connectivity index (χ3v) is 7.38. The molecule has 1 unspecified atom stereocenters. The molecule has 2 aliphatic rings. The maximum Gasteiger partial charge on any atom is 0.191 e. The van der Waals surface area contributed by atoms with Crippen molar-refractivity contribution in [3.8, 4) is 0 Å². The Morgan fingerprint density at radius 1 is 1.21 bits per heavy atom. The van der Waals surface area contributed by atoms with Gasteiger partial charge in [-0.05, 0) is 56.3 Å². The summed E-state index contributed by atoms with van der Waals surface area (Å²) in [5.41, 5.74) is 2.52. The second-order valence-electron chi connectivity index (χ2n) is 8.22. The standard InChI is InChI=1S/C21H34N4O2S/c1-3-22-21(24-20-9-12-28(26,27)16-20)23-14-18-5-4-6-19(13-18)15-25-10-7-17(2)8-11-25/h4-6,13,17,20H,3,7-12,14-16H2,1-2H3,(H2,22,23,24). The second-order valence-corrected chi connectivity index (χ2v) is 10.4. The summed E-state index contributed by atoms with van der Waals surface area (Å²) in [4.78, 5) is 7.22. The van der Waals surface area contributed by atoms with E-state index in [1.165, 1.54) is 37.1 Å². The van der Waals surface area contributed by atoms with Gasteiger partial charge in [-0.1, -0.05) is 31.2 Å². The minimum Gasteiger partial charge on any atom is -0.357 e. The van der Waals surface area contributed by atoms with E-state index in [4.69, 9.17) is 0 Å². The monoisotopic (exact) mass is 406 g/mol. The van der Waals surface area contributed by atoms with Crippen LogP contribution in [0, 0.1) is 5.92 Å². The summed E-state index contributed by atoms with van der Waals surface area (Å²) in [5, 5.41) is 6.51. The number of hydrogen-bond donors (Lipinski definition) is 2. The molecule has 6 nitrogen and oxygen atoms in total. The van der Waals surface area contributed by atoms with Gasteiger partial charge in [0.05, 0.1) is 18.1 Å². The highest BCUT2D eigenvalue weighted by Crippen LogP contribution is 2.18. The number of piperidine rings is 1. The Morgan fingerprint density at radius 2 is 1.96 bits per heavy atom. The molecular formula is C21H34N4O2S. The number of nitrogens with one attached hydrogen (secondary N) is 2. The SMILES string of the molecule is CCNC(=NCc1cccc(CN2CCC(C)CC2)c1)NC1CCS(=O)(=O)C1. The Labute approximate surface area is 169 Å². The van der Waals surface area contributed by atoms with Crippen molar-refractivity contribution in [2.45, 2.75) is 52.2 Å². The molecule has 2 fully saturated rings. The summed E-state index contributed by atoms with van der Waals surface area (Å²) in [6.07, 6.45) is 3.23. The molecule has 0 spiro atoms. The molecule has 1 atom stereocenters. The van der Waals surface area contributed by atoms with Crippen LogP contribution in [-0.4, -0.2) is 56.5 Å². The number of likely N-dealkylation sites (tertiary alicyclic amines) is 1. The fourth-order valence-electron chi connectivity index (χ4n) is 3.90. The predicted molar refractivity (Wildman–Crippen MR) is 115 cm³/mol. The number of nitrogens with zero attached hydrogens (tertiary/aromatic N) is 2. The van der Waals surface area contributed by atoms with Gasteiger partial charge in [-0.3, -0.25) is 4.90 Å². The Bertz CT molecular complexity index is 770. The van der Waals surface area contributed by atoms with E-state index in [0.717, 1.165) is 19.0 Å². The summed E-state index contributed by atoms with van der Waals surface area (Å²) in [6.45, 7) is 9.06. The van der Waals surface area contributed by atoms with Crippen LogP contribution in [0.25, 0.3) is 0 Å². The minimum atomic E-state index is -2.90. The Kier molecular flexibility index (Phi) is 7.35.